The van der Waals surface area contributed by atoms with Crippen LogP contribution in [0.4, 0.5) is 0 Å². The SMILES string of the molecule is CC.CC.CCC.CCCC(C)(C)C(C)C. The average Bonchev–Trinajstić information content (AvgIpc) is 2.24. The molecule has 0 saturated heterocycles. The summed E-state index contributed by atoms with van der Waals surface area (Å²) in [5.74, 6) is 0.817. The highest BCUT2D eigenvalue weighted by molar-refractivity contribution is 4.70. The van der Waals surface area contributed by atoms with E-state index in [2.05, 4.69) is 48.5 Å². The van der Waals surface area contributed by atoms with Crippen molar-refractivity contribution in [2.45, 2.75) is 95.4 Å². The molecule has 0 bridgehead atoms. The Kier molecular flexibility index (Phi) is 31.9. The largest absolute Gasteiger partial charge is 0.0683 e. The van der Waals surface area contributed by atoms with E-state index in [9.17, 15) is 0 Å². The van der Waals surface area contributed by atoms with Gasteiger partial charge in [-0.05, 0) is 17.8 Å². The Balaban J connectivity index is -0.0000000864. The van der Waals surface area contributed by atoms with Crippen LogP contribution in [0.15, 0.2) is 0 Å². The van der Waals surface area contributed by atoms with Crippen molar-refractivity contribution in [1.82, 2.24) is 0 Å². The highest BCUT2D eigenvalue weighted by Crippen LogP contribution is 2.30. The van der Waals surface area contributed by atoms with E-state index >= 15 is 0 Å². The van der Waals surface area contributed by atoms with E-state index in [1.165, 1.54) is 19.3 Å². The zero-order chi connectivity index (χ0) is 14.2. The molecule has 0 atom stereocenters. The molecule has 0 aliphatic rings. The fourth-order valence-electron chi connectivity index (χ4n) is 0.933. The molecule has 0 saturated carbocycles. The van der Waals surface area contributed by atoms with E-state index < -0.39 is 0 Å². The van der Waals surface area contributed by atoms with Crippen molar-refractivity contribution in [2.75, 3.05) is 0 Å². The van der Waals surface area contributed by atoms with E-state index in [-0.39, 0.29) is 0 Å². The average molecular weight is 232 g/mol. The van der Waals surface area contributed by atoms with Gasteiger partial charge >= 0.3 is 0 Å². The summed E-state index contributed by atoms with van der Waals surface area (Å²) in [6.07, 6.45) is 3.91. The van der Waals surface area contributed by atoms with Crippen LogP contribution in [0.5, 0.6) is 0 Å². The molecular formula is C16H40. The standard InChI is InChI=1S/C9H20.C3H8.2C2H6/c1-6-7-9(4,5)8(2)3;1-3-2;2*1-2/h8H,6-7H2,1-5H3;3H2,1-2H3;2*1-2H3. The lowest BCUT2D eigenvalue weighted by atomic mass is 9.78. The molecule has 0 unspecified atom stereocenters. The van der Waals surface area contributed by atoms with Gasteiger partial charge in [-0.15, -0.1) is 0 Å². The van der Waals surface area contributed by atoms with Crippen LogP contribution in [0.1, 0.15) is 95.4 Å². The van der Waals surface area contributed by atoms with Crippen molar-refractivity contribution in [3.63, 3.8) is 0 Å². The monoisotopic (exact) mass is 232 g/mol. The van der Waals surface area contributed by atoms with Crippen LogP contribution in [-0.2, 0) is 0 Å². The Morgan fingerprint density at radius 1 is 0.812 bits per heavy atom. The summed E-state index contributed by atoms with van der Waals surface area (Å²) in [4.78, 5) is 0. The fourth-order valence-corrected chi connectivity index (χ4v) is 0.933. The van der Waals surface area contributed by atoms with Gasteiger partial charge in [0.15, 0.2) is 0 Å². The first-order valence-electron chi connectivity index (χ1n) is 7.42. The van der Waals surface area contributed by atoms with Crippen LogP contribution in [0, 0.1) is 11.3 Å². The van der Waals surface area contributed by atoms with Crippen molar-refractivity contribution >= 4 is 0 Å². The molecule has 0 heterocycles. The van der Waals surface area contributed by atoms with Gasteiger partial charge in [-0.1, -0.05) is 89.0 Å². The minimum absolute atomic E-state index is 0.550. The third-order valence-corrected chi connectivity index (χ3v) is 2.46. The maximum absolute atomic E-state index is 2.35. The molecule has 0 nitrogen and oxygen atoms in total. The molecule has 0 heteroatoms. The topological polar surface area (TPSA) is 0 Å². The molecule has 0 fully saturated rings. The van der Waals surface area contributed by atoms with Crippen molar-refractivity contribution in [1.29, 1.82) is 0 Å². The molecule has 0 aromatic rings. The molecule has 0 amide bonds. The summed E-state index contributed by atoms with van der Waals surface area (Å²) in [6.45, 7) is 23.8. The lowest BCUT2D eigenvalue weighted by Crippen LogP contribution is -2.18. The Bertz CT molecular complexity index is 80.0. The van der Waals surface area contributed by atoms with Crippen LogP contribution >= 0.6 is 0 Å². The maximum Gasteiger partial charge on any atom is -0.0331 e. The highest BCUT2D eigenvalue weighted by Gasteiger charge is 2.20. The van der Waals surface area contributed by atoms with E-state index in [1.54, 1.807) is 0 Å². The minimum Gasteiger partial charge on any atom is -0.0683 e. The first-order chi connectivity index (χ1) is 7.42. The summed E-state index contributed by atoms with van der Waals surface area (Å²) in [5.41, 5.74) is 0.550. The fraction of sp³-hybridized carbons (Fsp3) is 1.00. The van der Waals surface area contributed by atoms with Gasteiger partial charge in [0.25, 0.3) is 0 Å². The maximum atomic E-state index is 2.35. The zero-order valence-corrected chi connectivity index (χ0v) is 14.2. The quantitative estimate of drug-likeness (QED) is 0.494. The first kappa shape index (κ1) is 25.0. The Hall–Kier alpha value is 0. The van der Waals surface area contributed by atoms with E-state index in [4.69, 9.17) is 0 Å². The van der Waals surface area contributed by atoms with Gasteiger partial charge in [0.2, 0.25) is 0 Å². The number of hydrogen-bond donors (Lipinski definition) is 0. The van der Waals surface area contributed by atoms with Crippen molar-refractivity contribution in [3.8, 4) is 0 Å². The molecule has 0 N–H and O–H groups in total. The molecule has 0 aromatic heterocycles. The van der Waals surface area contributed by atoms with Crippen LogP contribution in [0.3, 0.4) is 0 Å². The molecular weight excluding hydrogens is 192 g/mol. The number of rotatable bonds is 3. The Morgan fingerprint density at radius 2 is 1.06 bits per heavy atom. The van der Waals surface area contributed by atoms with Crippen molar-refractivity contribution in [3.05, 3.63) is 0 Å². The van der Waals surface area contributed by atoms with Crippen LogP contribution in [0.25, 0.3) is 0 Å². The third kappa shape index (κ3) is 23.7. The van der Waals surface area contributed by atoms with Gasteiger partial charge in [-0.2, -0.15) is 0 Å². The third-order valence-electron chi connectivity index (χ3n) is 2.46. The second-order valence-corrected chi connectivity index (χ2v) is 4.60. The van der Waals surface area contributed by atoms with Gasteiger partial charge in [0.1, 0.15) is 0 Å². The summed E-state index contributed by atoms with van der Waals surface area (Å²) in [5, 5.41) is 0. The highest BCUT2D eigenvalue weighted by atomic mass is 14.3. The molecule has 0 spiro atoms. The van der Waals surface area contributed by atoms with Gasteiger partial charge < -0.3 is 0 Å². The second kappa shape index (κ2) is 20.4. The molecule has 0 aromatic carbocycles. The van der Waals surface area contributed by atoms with Gasteiger partial charge in [0, 0.05) is 0 Å². The lowest BCUT2D eigenvalue weighted by molar-refractivity contribution is 0.227. The van der Waals surface area contributed by atoms with Gasteiger partial charge in [-0.25, -0.2) is 0 Å². The zero-order valence-electron chi connectivity index (χ0n) is 14.2. The molecule has 0 rings (SSSR count). The molecule has 16 heavy (non-hydrogen) atoms. The normalized spacial score (nSPS) is 9.00. The summed E-state index contributed by atoms with van der Waals surface area (Å²) in [6, 6.07) is 0. The van der Waals surface area contributed by atoms with Crippen LogP contribution in [0.2, 0.25) is 0 Å². The van der Waals surface area contributed by atoms with Gasteiger partial charge in [-0.3, -0.25) is 0 Å². The van der Waals surface area contributed by atoms with Crippen molar-refractivity contribution in [2.24, 2.45) is 11.3 Å². The lowest BCUT2D eigenvalue weighted by Gasteiger charge is -2.28. The van der Waals surface area contributed by atoms with E-state index in [0.717, 1.165) is 5.92 Å². The molecule has 0 aliphatic carbocycles. The van der Waals surface area contributed by atoms with Gasteiger partial charge in [0.05, 0.1) is 0 Å². The first-order valence-corrected chi connectivity index (χ1v) is 7.42. The molecule has 0 radical (unpaired) electrons. The summed E-state index contributed by atoms with van der Waals surface area (Å²) in [7, 11) is 0. The number of hydrogen-bond acceptors (Lipinski definition) is 0. The summed E-state index contributed by atoms with van der Waals surface area (Å²) < 4.78 is 0. The minimum atomic E-state index is 0.550. The van der Waals surface area contributed by atoms with E-state index in [1.807, 2.05) is 27.7 Å². The van der Waals surface area contributed by atoms with E-state index in [0.29, 0.717) is 5.41 Å². The van der Waals surface area contributed by atoms with Crippen LogP contribution < -0.4 is 0 Å². The molecule has 104 valence electrons. The predicted octanol–water partition coefficient (Wildman–Crippen LogP) is 6.94. The smallest absolute Gasteiger partial charge is 0.0331 e. The Morgan fingerprint density at radius 3 is 1.12 bits per heavy atom. The van der Waals surface area contributed by atoms with Crippen LogP contribution in [-0.4, -0.2) is 0 Å². The van der Waals surface area contributed by atoms with Crippen molar-refractivity contribution < 1.29 is 0 Å². The second-order valence-electron chi connectivity index (χ2n) is 4.60. The predicted molar refractivity (Wildman–Crippen MR) is 82.2 cm³/mol. The Labute approximate surface area is 107 Å². The summed E-state index contributed by atoms with van der Waals surface area (Å²) >= 11 is 0. The molecule has 0 aliphatic heterocycles.